The number of aryl methyl sites for hydroxylation is 2. The molecule has 2 atom stereocenters. The highest BCUT2D eigenvalue weighted by atomic mass is 79.9. The van der Waals surface area contributed by atoms with Gasteiger partial charge in [-0.05, 0) is 49.3 Å². The summed E-state index contributed by atoms with van der Waals surface area (Å²) in [4.78, 5) is 0. The van der Waals surface area contributed by atoms with Gasteiger partial charge in [-0.15, -0.1) is 10.2 Å². The van der Waals surface area contributed by atoms with Gasteiger partial charge in [0.05, 0.1) is 5.92 Å². The second-order valence-corrected chi connectivity index (χ2v) is 6.80. The van der Waals surface area contributed by atoms with Crippen LogP contribution in [0.15, 0.2) is 33.2 Å². The normalized spacial score (nSPS) is 21.7. The monoisotopic (exact) mass is 364 g/mol. The molecule has 0 N–H and O–H groups in total. The SMILES string of the molecule is Cc1nnc(C2CCC(Cc3ccc(C)c(F)c3)C=C2Br)o1. The molecule has 1 aliphatic carbocycles. The van der Waals surface area contributed by atoms with Crippen LogP contribution in [0.4, 0.5) is 4.39 Å². The molecule has 0 saturated heterocycles. The van der Waals surface area contributed by atoms with Crippen LogP contribution >= 0.6 is 15.9 Å². The molecular weight excluding hydrogens is 347 g/mol. The van der Waals surface area contributed by atoms with E-state index >= 15 is 0 Å². The highest BCUT2D eigenvalue weighted by Crippen LogP contribution is 2.39. The van der Waals surface area contributed by atoms with E-state index in [0.717, 1.165) is 29.3 Å². The molecule has 2 unspecified atom stereocenters. The molecule has 1 aliphatic rings. The van der Waals surface area contributed by atoms with Gasteiger partial charge in [0.2, 0.25) is 11.8 Å². The van der Waals surface area contributed by atoms with Crippen LogP contribution in [0, 0.1) is 25.6 Å². The lowest BCUT2D eigenvalue weighted by Gasteiger charge is -2.24. The number of hydrogen-bond acceptors (Lipinski definition) is 3. The molecule has 0 radical (unpaired) electrons. The highest BCUT2D eigenvalue weighted by Gasteiger charge is 2.27. The average Bonchev–Trinajstić information content (AvgIpc) is 2.89. The summed E-state index contributed by atoms with van der Waals surface area (Å²) >= 11 is 3.64. The third kappa shape index (κ3) is 3.29. The van der Waals surface area contributed by atoms with E-state index in [9.17, 15) is 4.39 Å². The summed E-state index contributed by atoms with van der Waals surface area (Å²) in [5, 5.41) is 8.01. The Morgan fingerprint density at radius 2 is 2.09 bits per heavy atom. The Hall–Kier alpha value is -1.49. The van der Waals surface area contributed by atoms with Crippen LogP contribution in [0.5, 0.6) is 0 Å². The zero-order valence-electron chi connectivity index (χ0n) is 12.6. The third-order valence-corrected chi connectivity index (χ3v) is 4.94. The summed E-state index contributed by atoms with van der Waals surface area (Å²) in [6, 6.07) is 5.49. The van der Waals surface area contributed by atoms with Crippen molar-refractivity contribution in [3.05, 3.63) is 57.5 Å². The largest absolute Gasteiger partial charge is 0.425 e. The van der Waals surface area contributed by atoms with Crippen molar-refractivity contribution in [1.29, 1.82) is 0 Å². The van der Waals surface area contributed by atoms with Crippen molar-refractivity contribution in [2.75, 3.05) is 0 Å². The molecule has 1 aromatic carbocycles. The van der Waals surface area contributed by atoms with Crippen molar-refractivity contribution in [2.24, 2.45) is 5.92 Å². The van der Waals surface area contributed by atoms with Gasteiger partial charge in [-0.25, -0.2) is 4.39 Å². The molecule has 3 rings (SSSR count). The standard InChI is InChI=1S/C17H18BrFN2O/c1-10-3-4-13(9-16(10)19)7-12-5-6-14(15(18)8-12)17-21-20-11(2)22-17/h3-4,8-9,12,14H,5-7H2,1-2H3. The Balaban J connectivity index is 1.72. The fraction of sp³-hybridized carbons (Fsp3) is 0.412. The fourth-order valence-electron chi connectivity index (χ4n) is 2.86. The molecule has 2 aromatic rings. The molecule has 1 aromatic heterocycles. The molecular formula is C17H18BrFN2O. The Kier molecular flexibility index (Phi) is 4.43. The van der Waals surface area contributed by atoms with Gasteiger partial charge in [-0.3, -0.25) is 0 Å². The number of benzene rings is 1. The van der Waals surface area contributed by atoms with Crippen molar-refractivity contribution in [3.8, 4) is 0 Å². The number of aromatic nitrogens is 2. The van der Waals surface area contributed by atoms with E-state index in [1.54, 1.807) is 19.9 Å². The first-order valence-electron chi connectivity index (χ1n) is 7.45. The van der Waals surface area contributed by atoms with Gasteiger partial charge >= 0.3 is 0 Å². The minimum absolute atomic E-state index is 0.129. The summed E-state index contributed by atoms with van der Waals surface area (Å²) < 4.78 is 20.3. The average molecular weight is 365 g/mol. The van der Waals surface area contributed by atoms with Crippen LogP contribution in [0.3, 0.4) is 0 Å². The van der Waals surface area contributed by atoms with Gasteiger partial charge in [-0.1, -0.05) is 34.1 Å². The van der Waals surface area contributed by atoms with E-state index in [1.165, 1.54) is 0 Å². The minimum Gasteiger partial charge on any atom is -0.425 e. The maximum atomic E-state index is 13.6. The van der Waals surface area contributed by atoms with Gasteiger partial charge < -0.3 is 4.42 Å². The van der Waals surface area contributed by atoms with Crippen molar-refractivity contribution in [1.82, 2.24) is 10.2 Å². The predicted octanol–water partition coefficient (Wildman–Crippen LogP) is 4.84. The van der Waals surface area contributed by atoms with Gasteiger partial charge in [0, 0.05) is 11.4 Å². The van der Waals surface area contributed by atoms with Crippen LogP contribution in [0.25, 0.3) is 0 Å². The van der Waals surface area contributed by atoms with E-state index in [4.69, 9.17) is 4.42 Å². The maximum absolute atomic E-state index is 13.6. The van der Waals surface area contributed by atoms with E-state index in [2.05, 4.69) is 32.2 Å². The lowest BCUT2D eigenvalue weighted by atomic mass is 9.85. The molecule has 3 nitrogen and oxygen atoms in total. The van der Waals surface area contributed by atoms with Crippen LogP contribution in [-0.4, -0.2) is 10.2 Å². The Morgan fingerprint density at radius 1 is 1.27 bits per heavy atom. The second-order valence-electron chi connectivity index (χ2n) is 5.89. The van der Waals surface area contributed by atoms with Crippen molar-refractivity contribution in [2.45, 2.75) is 39.0 Å². The molecule has 1 heterocycles. The Labute approximate surface area is 137 Å². The number of halogens is 2. The molecule has 0 spiro atoms. The topological polar surface area (TPSA) is 38.9 Å². The van der Waals surface area contributed by atoms with Crippen molar-refractivity contribution in [3.63, 3.8) is 0 Å². The summed E-state index contributed by atoms with van der Waals surface area (Å²) in [7, 11) is 0. The van der Waals surface area contributed by atoms with Crippen molar-refractivity contribution >= 4 is 15.9 Å². The van der Waals surface area contributed by atoms with E-state index in [-0.39, 0.29) is 11.7 Å². The van der Waals surface area contributed by atoms with Crippen LogP contribution < -0.4 is 0 Å². The first-order chi connectivity index (χ1) is 10.5. The Bertz CT molecular complexity index is 710. The van der Waals surface area contributed by atoms with Gasteiger partial charge in [0.25, 0.3) is 0 Å². The number of rotatable bonds is 3. The van der Waals surface area contributed by atoms with E-state index in [1.807, 2.05) is 12.1 Å². The van der Waals surface area contributed by atoms with Gasteiger partial charge in [0.1, 0.15) is 5.82 Å². The smallest absolute Gasteiger partial charge is 0.224 e. The summed E-state index contributed by atoms with van der Waals surface area (Å²) in [6.45, 7) is 3.58. The predicted molar refractivity (Wildman–Crippen MR) is 86.4 cm³/mol. The van der Waals surface area contributed by atoms with Gasteiger partial charge in [0.15, 0.2) is 0 Å². The zero-order chi connectivity index (χ0) is 15.7. The minimum atomic E-state index is -0.129. The molecule has 22 heavy (non-hydrogen) atoms. The first-order valence-corrected chi connectivity index (χ1v) is 8.24. The van der Waals surface area contributed by atoms with E-state index < -0.39 is 0 Å². The number of hydrogen-bond donors (Lipinski definition) is 0. The summed E-state index contributed by atoms with van der Waals surface area (Å²) in [5.74, 6) is 1.67. The van der Waals surface area contributed by atoms with Crippen molar-refractivity contribution < 1.29 is 8.81 Å². The summed E-state index contributed by atoms with van der Waals surface area (Å²) in [5.41, 5.74) is 1.73. The molecule has 0 fully saturated rings. The van der Waals surface area contributed by atoms with Gasteiger partial charge in [-0.2, -0.15) is 0 Å². The molecule has 0 amide bonds. The maximum Gasteiger partial charge on any atom is 0.224 e. The third-order valence-electron chi connectivity index (χ3n) is 4.13. The van der Waals surface area contributed by atoms with Crippen LogP contribution in [-0.2, 0) is 6.42 Å². The quantitative estimate of drug-likeness (QED) is 0.781. The first kappa shape index (κ1) is 15.4. The Morgan fingerprint density at radius 3 is 2.73 bits per heavy atom. The van der Waals surface area contributed by atoms with E-state index in [0.29, 0.717) is 23.3 Å². The van der Waals surface area contributed by atoms with Crippen LogP contribution in [0.1, 0.15) is 41.7 Å². The molecule has 116 valence electrons. The van der Waals surface area contributed by atoms with Crippen LogP contribution in [0.2, 0.25) is 0 Å². The number of allylic oxidation sites excluding steroid dienone is 2. The second kappa shape index (κ2) is 6.32. The molecule has 5 heteroatoms. The highest BCUT2D eigenvalue weighted by molar-refractivity contribution is 9.11. The summed E-state index contributed by atoms with van der Waals surface area (Å²) in [6.07, 6.45) is 5.03. The lowest BCUT2D eigenvalue weighted by Crippen LogP contribution is -2.13. The number of nitrogens with zero attached hydrogens (tertiary/aromatic N) is 2. The lowest BCUT2D eigenvalue weighted by molar-refractivity contribution is 0.410. The molecule has 0 aliphatic heterocycles. The molecule has 0 bridgehead atoms. The fourth-order valence-corrected chi connectivity index (χ4v) is 3.66. The molecule has 0 saturated carbocycles. The zero-order valence-corrected chi connectivity index (χ0v) is 14.2.